The molecule has 3 nitrogen and oxygen atoms in total. The van der Waals surface area contributed by atoms with Crippen LogP contribution in [0.25, 0.3) is 10.8 Å². The number of benzene rings is 3. The van der Waals surface area contributed by atoms with E-state index in [0.717, 1.165) is 34.2 Å². The zero-order valence-electron chi connectivity index (χ0n) is 15.5. The monoisotopic (exact) mass is 347 g/mol. The van der Waals surface area contributed by atoms with Gasteiger partial charge >= 0.3 is 0 Å². The molecule has 0 saturated carbocycles. The maximum Gasteiger partial charge on any atom is 0.265 e. The van der Waals surface area contributed by atoms with E-state index in [4.69, 9.17) is 4.74 Å². The number of fused-ring (bicyclic) bond motifs is 1. The fourth-order valence-corrected chi connectivity index (χ4v) is 3.04. The molecule has 0 aromatic heterocycles. The van der Waals surface area contributed by atoms with Crippen LogP contribution in [0.2, 0.25) is 0 Å². The van der Waals surface area contributed by atoms with Crippen LogP contribution in [-0.2, 0) is 4.79 Å². The van der Waals surface area contributed by atoms with Gasteiger partial charge in [0.05, 0.1) is 0 Å². The zero-order valence-corrected chi connectivity index (χ0v) is 15.5. The van der Waals surface area contributed by atoms with Gasteiger partial charge in [-0.3, -0.25) is 4.79 Å². The van der Waals surface area contributed by atoms with Crippen molar-refractivity contribution in [2.24, 2.45) is 0 Å². The molecule has 0 unspecified atom stereocenters. The van der Waals surface area contributed by atoms with E-state index in [-0.39, 0.29) is 5.91 Å². The van der Waals surface area contributed by atoms with Crippen molar-refractivity contribution in [2.75, 3.05) is 5.32 Å². The van der Waals surface area contributed by atoms with Crippen LogP contribution >= 0.6 is 0 Å². The summed E-state index contributed by atoms with van der Waals surface area (Å²) in [5.74, 6) is 0.968. The highest BCUT2D eigenvalue weighted by molar-refractivity contribution is 5.95. The summed E-state index contributed by atoms with van der Waals surface area (Å²) in [6.45, 7) is 6.10. The van der Waals surface area contributed by atoms with E-state index >= 15 is 0 Å². The fraction of sp³-hybridized carbons (Fsp3) is 0.261. The van der Waals surface area contributed by atoms with Gasteiger partial charge in [0.25, 0.3) is 5.91 Å². The lowest BCUT2D eigenvalue weighted by atomic mass is 9.97. The molecular formula is C23H25NO2. The molecule has 1 N–H and O–H groups in total. The maximum absolute atomic E-state index is 12.7. The number of anilines is 1. The Morgan fingerprint density at radius 3 is 2.46 bits per heavy atom. The predicted octanol–water partition coefficient (Wildman–Crippen LogP) is 5.76. The van der Waals surface area contributed by atoms with Crippen molar-refractivity contribution in [3.8, 4) is 5.75 Å². The molecule has 0 radical (unpaired) electrons. The molecule has 3 rings (SSSR count). The quantitative estimate of drug-likeness (QED) is 0.616. The minimum Gasteiger partial charge on any atom is -0.480 e. The van der Waals surface area contributed by atoms with Gasteiger partial charge in [-0.1, -0.05) is 68.4 Å². The van der Waals surface area contributed by atoms with Crippen molar-refractivity contribution in [3.05, 3.63) is 72.3 Å². The van der Waals surface area contributed by atoms with Gasteiger partial charge in [0.15, 0.2) is 6.10 Å². The van der Waals surface area contributed by atoms with Gasteiger partial charge in [0.2, 0.25) is 0 Å². The van der Waals surface area contributed by atoms with Crippen molar-refractivity contribution in [3.63, 3.8) is 0 Å². The highest BCUT2D eigenvalue weighted by atomic mass is 16.5. The van der Waals surface area contributed by atoms with E-state index < -0.39 is 6.10 Å². The van der Waals surface area contributed by atoms with Gasteiger partial charge in [-0.2, -0.15) is 0 Å². The van der Waals surface area contributed by atoms with Crippen LogP contribution in [-0.4, -0.2) is 12.0 Å². The molecule has 0 heterocycles. The molecule has 0 fully saturated rings. The topological polar surface area (TPSA) is 38.3 Å². The first-order chi connectivity index (χ1) is 12.6. The third-order valence-corrected chi connectivity index (χ3v) is 4.78. The number of para-hydroxylation sites is 1. The molecule has 1 amide bonds. The number of amides is 1. The molecule has 0 saturated heterocycles. The molecule has 3 aromatic carbocycles. The van der Waals surface area contributed by atoms with E-state index in [1.807, 2.05) is 60.7 Å². The Balaban J connectivity index is 1.77. The normalized spacial score (nSPS) is 13.2. The Morgan fingerprint density at radius 1 is 0.962 bits per heavy atom. The van der Waals surface area contributed by atoms with Gasteiger partial charge in [-0.25, -0.2) is 0 Å². The van der Waals surface area contributed by atoms with E-state index in [0.29, 0.717) is 5.92 Å². The van der Waals surface area contributed by atoms with Crippen molar-refractivity contribution in [2.45, 2.75) is 39.2 Å². The molecule has 134 valence electrons. The van der Waals surface area contributed by atoms with Crippen LogP contribution in [0, 0.1) is 0 Å². The standard InChI is InChI=1S/C23H25NO2/c1-4-16(2)19-12-7-8-14-21(19)24-23(25)17(3)26-22-15-9-11-18-10-5-6-13-20(18)22/h5-17H,4H2,1-3H3,(H,24,25)/t16-,17-/m1/s1. The van der Waals surface area contributed by atoms with Crippen molar-refractivity contribution >= 4 is 22.4 Å². The van der Waals surface area contributed by atoms with Crippen LogP contribution in [0.5, 0.6) is 5.75 Å². The van der Waals surface area contributed by atoms with Gasteiger partial charge < -0.3 is 10.1 Å². The first kappa shape index (κ1) is 18.0. The molecule has 26 heavy (non-hydrogen) atoms. The molecule has 3 aromatic rings. The lowest BCUT2D eigenvalue weighted by molar-refractivity contribution is -0.122. The molecule has 3 heteroatoms. The Hall–Kier alpha value is -2.81. The van der Waals surface area contributed by atoms with Crippen LogP contribution in [0.3, 0.4) is 0 Å². The Kier molecular flexibility index (Phi) is 5.57. The average Bonchev–Trinajstić information content (AvgIpc) is 2.68. The van der Waals surface area contributed by atoms with Gasteiger partial charge in [0, 0.05) is 11.1 Å². The Labute approximate surface area is 155 Å². The summed E-state index contributed by atoms with van der Waals surface area (Å²) < 4.78 is 5.98. The third kappa shape index (κ3) is 3.88. The second-order valence-electron chi connectivity index (χ2n) is 6.62. The number of nitrogens with one attached hydrogen (secondary N) is 1. The molecule has 2 atom stereocenters. The van der Waals surface area contributed by atoms with Gasteiger partial charge in [0.1, 0.15) is 5.75 Å². The molecule has 0 aliphatic heterocycles. The summed E-state index contributed by atoms with van der Waals surface area (Å²) in [6, 6.07) is 21.9. The van der Waals surface area contributed by atoms with Crippen molar-refractivity contribution in [1.82, 2.24) is 0 Å². The second-order valence-corrected chi connectivity index (χ2v) is 6.62. The largest absolute Gasteiger partial charge is 0.480 e. The van der Waals surface area contributed by atoms with Crippen LogP contribution in [0.1, 0.15) is 38.7 Å². The number of carbonyl (C=O) groups excluding carboxylic acids is 1. The number of hydrogen-bond acceptors (Lipinski definition) is 2. The smallest absolute Gasteiger partial charge is 0.265 e. The lowest BCUT2D eigenvalue weighted by Crippen LogP contribution is -2.30. The van der Waals surface area contributed by atoms with E-state index in [1.54, 1.807) is 6.92 Å². The summed E-state index contributed by atoms with van der Waals surface area (Å²) in [7, 11) is 0. The summed E-state index contributed by atoms with van der Waals surface area (Å²) >= 11 is 0. The minimum absolute atomic E-state index is 0.145. The average molecular weight is 347 g/mol. The number of carbonyl (C=O) groups is 1. The maximum atomic E-state index is 12.7. The second kappa shape index (κ2) is 8.05. The molecule has 0 aliphatic carbocycles. The Bertz CT molecular complexity index is 898. The van der Waals surface area contributed by atoms with E-state index in [1.165, 1.54) is 0 Å². The third-order valence-electron chi connectivity index (χ3n) is 4.78. The molecule has 0 spiro atoms. The minimum atomic E-state index is -0.592. The van der Waals surface area contributed by atoms with Crippen molar-refractivity contribution in [1.29, 1.82) is 0 Å². The summed E-state index contributed by atoms with van der Waals surface area (Å²) in [6.07, 6.45) is 0.431. The van der Waals surface area contributed by atoms with Gasteiger partial charge in [-0.05, 0) is 42.3 Å². The van der Waals surface area contributed by atoms with E-state index in [2.05, 4.69) is 25.2 Å². The fourth-order valence-electron chi connectivity index (χ4n) is 3.04. The highest BCUT2D eigenvalue weighted by Crippen LogP contribution is 2.28. The highest BCUT2D eigenvalue weighted by Gasteiger charge is 2.18. The van der Waals surface area contributed by atoms with Gasteiger partial charge in [-0.15, -0.1) is 0 Å². The zero-order chi connectivity index (χ0) is 18.5. The first-order valence-electron chi connectivity index (χ1n) is 9.14. The molecule has 0 bridgehead atoms. The number of hydrogen-bond donors (Lipinski definition) is 1. The number of ether oxygens (including phenoxy) is 1. The van der Waals surface area contributed by atoms with Crippen molar-refractivity contribution < 1.29 is 9.53 Å². The lowest BCUT2D eigenvalue weighted by Gasteiger charge is -2.19. The van der Waals surface area contributed by atoms with Crippen LogP contribution in [0.15, 0.2) is 66.7 Å². The van der Waals surface area contributed by atoms with Crippen LogP contribution < -0.4 is 10.1 Å². The first-order valence-corrected chi connectivity index (χ1v) is 9.14. The Morgan fingerprint density at radius 2 is 1.65 bits per heavy atom. The predicted molar refractivity (Wildman–Crippen MR) is 108 cm³/mol. The number of rotatable bonds is 6. The van der Waals surface area contributed by atoms with E-state index in [9.17, 15) is 4.79 Å². The SMILES string of the molecule is CC[C@@H](C)c1ccccc1NC(=O)[C@@H](C)Oc1cccc2ccccc12. The summed E-state index contributed by atoms with van der Waals surface area (Å²) in [5.41, 5.74) is 2.01. The summed E-state index contributed by atoms with van der Waals surface area (Å²) in [4.78, 5) is 12.7. The molecule has 0 aliphatic rings. The summed E-state index contributed by atoms with van der Waals surface area (Å²) in [5, 5.41) is 5.14. The van der Waals surface area contributed by atoms with Crippen LogP contribution in [0.4, 0.5) is 5.69 Å². The molecular weight excluding hydrogens is 322 g/mol.